The van der Waals surface area contributed by atoms with Gasteiger partial charge in [-0.1, -0.05) is 12.1 Å². The molecule has 5 aromatic rings. The van der Waals surface area contributed by atoms with Crippen molar-refractivity contribution < 1.29 is 9.59 Å². The fourth-order valence-electron chi connectivity index (χ4n) is 4.41. The van der Waals surface area contributed by atoms with Crippen LogP contribution in [0.2, 0.25) is 0 Å². The minimum atomic E-state index is -0.300. The van der Waals surface area contributed by atoms with Crippen molar-refractivity contribution in [3.8, 4) is 0 Å². The van der Waals surface area contributed by atoms with Crippen molar-refractivity contribution in [3.05, 3.63) is 119 Å². The molecule has 0 bridgehead atoms. The van der Waals surface area contributed by atoms with Crippen LogP contribution in [0, 0.1) is 13.8 Å². The van der Waals surface area contributed by atoms with E-state index in [1.807, 2.05) is 67.3 Å². The fraction of sp³-hybridized carbons (Fsp3) is 0.161. The van der Waals surface area contributed by atoms with Gasteiger partial charge in [0.15, 0.2) is 5.65 Å². The highest BCUT2D eigenvalue weighted by atomic mass is 16.2. The van der Waals surface area contributed by atoms with Crippen LogP contribution in [-0.4, -0.2) is 43.2 Å². The number of nitrogens with zero attached hydrogens (tertiary/aromatic N) is 5. The van der Waals surface area contributed by atoms with Crippen LogP contribution in [0.15, 0.2) is 91.3 Å². The maximum absolute atomic E-state index is 12.9. The molecule has 0 radical (unpaired) electrons. The van der Waals surface area contributed by atoms with Gasteiger partial charge in [0, 0.05) is 47.8 Å². The van der Waals surface area contributed by atoms with E-state index in [1.54, 1.807) is 42.7 Å². The zero-order valence-electron chi connectivity index (χ0n) is 22.3. The summed E-state index contributed by atoms with van der Waals surface area (Å²) in [5.41, 5.74) is 5.31. The van der Waals surface area contributed by atoms with E-state index < -0.39 is 0 Å². The molecular formula is C31H29N7O2. The molecule has 40 heavy (non-hydrogen) atoms. The van der Waals surface area contributed by atoms with Gasteiger partial charge in [-0.15, -0.1) is 0 Å². The molecule has 2 amide bonds. The predicted molar refractivity (Wildman–Crippen MR) is 155 cm³/mol. The van der Waals surface area contributed by atoms with Crippen molar-refractivity contribution in [3.63, 3.8) is 0 Å². The van der Waals surface area contributed by atoms with Crippen molar-refractivity contribution in [1.82, 2.24) is 24.8 Å². The van der Waals surface area contributed by atoms with E-state index in [-0.39, 0.29) is 18.4 Å². The fourth-order valence-corrected chi connectivity index (χ4v) is 4.41. The van der Waals surface area contributed by atoms with Gasteiger partial charge in [-0.25, -0.2) is 9.97 Å². The average Bonchev–Trinajstić information content (AvgIpc) is 2.94. The summed E-state index contributed by atoms with van der Waals surface area (Å²) in [5.74, 6) is -0.0539. The number of carbonyl (C=O) groups is 2. The van der Waals surface area contributed by atoms with E-state index in [4.69, 9.17) is 0 Å². The Kier molecular flexibility index (Phi) is 8.13. The van der Waals surface area contributed by atoms with Gasteiger partial charge >= 0.3 is 0 Å². The number of rotatable bonds is 9. The number of nitrogens with one attached hydrogen (secondary N) is 2. The van der Waals surface area contributed by atoms with Crippen LogP contribution in [0.1, 0.15) is 33.0 Å². The molecule has 0 aliphatic heterocycles. The van der Waals surface area contributed by atoms with Crippen LogP contribution in [0.4, 0.5) is 11.5 Å². The summed E-state index contributed by atoms with van der Waals surface area (Å²) in [6, 6.07) is 23.8. The first kappa shape index (κ1) is 26.6. The summed E-state index contributed by atoms with van der Waals surface area (Å²) >= 11 is 0. The first-order valence-corrected chi connectivity index (χ1v) is 12.9. The van der Waals surface area contributed by atoms with Crippen LogP contribution in [0.5, 0.6) is 0 Å². The molecular weight excluding hydrogens is 502 g/mol. The first-order valence-electron chi connectivity index (χ1n) is 12.9. The second-order valence-corrected chi connectivity index (χ2v) is 9.52. The van der Waals surface area contributed by atoms with Gasteiger partial charge in [0.2, 0.25) is 5.91 Å². The summed E-state index contributed by atoms with van der Waals surface area (Å²) in [6.07, 6.45) is 3.47. The third kappa shape index (κ3) is 6.89. The molecule has 0 unspecified atom stereocenters. The summed E-state index contributed by atoms with van der Waals surface area (Å²) in [4.78, 5) is 45.5. The van der Waals surface area contributed by atoms with E-state index >= 15 is 0 Å². The normalized spacial score (nSPS) is 11.0. The Hall–Kier alpha value is -5.02. The Morgan fingerprint density at radius 3 is 2.08 bits per heavy atom. The van der Waals surface area contributed by atoms with Crippen molar-refractivity contribution in [2.24, 2.45) is 0 Å². The Bertz CT molecular complexity index is 1580. The number of aryl methyl sites for hydroxylation is 2. The standard InChI is InChI=1S/C31H29N7O2/c1-21-17-22(2)34-30-27(21)13-14-28(36-30)37-31(40)23-9-11-24(12-10-23)35-29(39)20-38(18-25-7-3-5-15-32-25)19-26-8-4-6-16-33-26/h3-17H,18-20H2,1-2H3,(H,35,39)(H,34,36,37,40). The molecule has 0 atom stereocenters. The number of benzene rings is 1. The van der Waals surface area contributed by atoms with E-state index in [9.17, 15) is 9.59 Å². The van der Waals surface area contributed by atoms with E-state index in [2.05, 4.69) is 30.6 Å². The molecule has 5 rings (SSSR count). The molecule has 1 aromatic carbocycles. The molecule has 200 valence electrons. The van der Waals surface area contributed by atoms with Crippen LogP contribution < -0.4 is 10.6 Å². The molecule has 0 saturated carbocycles. The minimum absolute atomic E-state index is 0.149. The second kappa shape index (κ2) is 12.2. The van der Waals surface area contributed by atoms with E-state index in [0.717, 1.165) is 28.0 Å². The Labute approximate surface area is 232 Å². The molecule has 0 spiro atoms. The molecule has 9 heteroatoms. The molecule has 0 saturated heterocycles. The van der Waals surface area contributed by atoms with Gasteiger partial charge in [-0.3, -0.25) is 24.5 Å². The molecule has 0 aliphatic carbocycles. The van der Waals surface area contributed by atoms with Crippen molar-refractivity contribution >= 4 is 34.4 Å². The second-order valence-electron chi connectivity index (χ2n) is 9.52. The van der Waals surface area contributed by atoms with Crippen LogP contribution in [0.25, 0.3) is 11.0 Å². The van der Waals surface area contributed by atoms with Gasteiger partial charge in [-0.05, 0) is 86.1 Å². The number of anilines is 2. The van der Waals surface area contributed by atoms with E-state index in [1.165, 1.54) is 0 Å². The minimum Gasteiger partial charge on any atom is -0.325 e. The van der Waals surface area contributed by atoms with Crippen LogP contribution >= 0.6 is 0 Å². The predicted octanol–water partition coefficient (Wildman–Crippen LogP) is 4.93. The lowest BCUT2D eigenvalue weighted by Crippen LogP contribution is -2.33. The third-order valence-electron chi connectivity index (χ3n) is 6.27. The summed E-state index contributed by atoms with van der Waals surface area (Å²) in [6.45, 7) is 5.08. The number of fused-ring (bicyclic) bond motifs is 1. The van der Waals surface area contributed by atoms with Gasteiger partial charge < -0.3 is 10.6 Å². The molecule has 0 fully saturated rings. The molecule has 2 N–H and O–H groups in total. The summed E-state index contributed by atoms with van der Waals surface area (Å²) in [5, 5.41) is 6.69. The lowest BCUT2D eigenvalue weighted by Gasteiger charge is -2.21. The van der Waals surface area contributed by atoms with Crippen molar-refractivity contribution in [1.29, 1.82) is 0 Å². The van der Waals surface area contributed by atoms with Crippen molar-refractivity contribution in [2.75, 3.05) is 17.2 Å². The molecule has 0 aliphatic rings. The number of carbonyl (C=O) groups excluding carboxylic acids is 2. The largest absolute Gasteiger partial charge is 0.325 e. The quantitative estimate of drug-likeness (QED) is 0.277. The van der Waals surface area contributed by atoms with Gasteiger partial charge in [0.05, 0.1) is 17.9 Å². The molecule has 4 heterocycles. The highest BCUT2D eigenvalue weighted by molar-refractivity contribution is 6.04. The third-order valence-corrected chi connectivity index (χ3v) is 6.27. The molecule has 4 aromatic heterocycles. The zero-order chi connectivity index (χ0) is 27.9. The maximum atomic E-state index is 12.9. The lowest BCUT2D eigenvalue weighted by atomic mass is 10.1. The topological polar surface area (TPSA) is 113 Å². The van der Waals surface area contributed by atoms with Gasteiger partial charge in [0.25, 0.3) is 5.91 Å². The van der Waals surface area contributed by atoms with E-state index in [0.29, 0.717) is 35.8 Å². The number of hydrogen-bond donors (Lipinski definition) is 2. The lowest BCUT2D eigenvalue weighted by molar-refractivity contribution is -0.117. The zero-order valence-corrected chi connectivity index (χ0v) is 22.3. The summed E-state index contributed by atoms with van der Waals surface area (Å²) < 4.78 is 0. The maximum Gasteiger partial charge on any atom is 0.256 e. The number of pyridine rings is 4. The monoisotopic (exact) mass is 531 g/mol. The smallest absolute Gasteiger partial charge is 0.256 e. The highest BCUT2D eigenvalue weighted by Crippen LogP contribution is 2.19. The highest BCUT2D eigenvalue weighted by Gasteiger charge is 2.15. The van der Waals surface area contributed by atoms with Crippen molar-refractivity contribution in [2.45, 2.75) is 26.9 Å². The van der Waals surface area contributed by atoms with Gasteiger partial charge in [-0.2, -0.15) is 0 Å². The van der Waals surface area contributed by atoms with Crippen LogP contribution in [0.3, 0.4) is 0 Å². The van der Waals surface area contributed by atoms with Gasteiger partial charge in [0.1, 0.15) is 5.82 Å². The van der Waals surface area contributed by atoms with Crippen LogP contribution in [-0.2, 0) is 17.9 Å². The SMILES string of the molecule is Cc1cc(C)c2ccc(NC(=O)c3ccc(NC(=O)CN(Cc4ccccn4)Cc4ccccn4)cc3)nc2n1. The number of hydrogen-bond acceptors (Lipinski definition) is 7. The Morgan fingerprint density at radius 2 is 1.45 bits per heavy atom. The first-order chi connectivity index (χ1) is 19.4. The average molecular weight is 532 g/mol. The Morgan fingerprint density at radius 1 is 0.775 bits per heavy atom. The molecule has 9 nitrogen and oxygen atoms in total. The Balaban J connectivity index is 1.21. The number of aromatic nitrogens is 4. The number of amides is 2. The summed E-state index contributed by atoms with van der Waals surface area (Å²) in [7, 11) is 0.